The van der Waals surface area contributed by atoms with Gasteiger partial charge < -0.3 is 20.3 Å². The van der Waals surface area contributed by atoms with E-state index in [-0.39, 0.29) is 5.92 Å². The Kier molecular flexibility index (Phi) is 5.44. The van der Waals surface area contributed by atoms with Gasteiger partial charge in [-0.25, -0.2) is 0 Å². The first kappa shape index (κ1) is 14.8. The fourth-order valence-electron chi connectivity index (χ4n) is 2.05. The Balaban J connectivity index is 3.02. The Bertz CT molecular complexity index is 379. The molecule has 1 aromatic rings. The van der Waals surface area contributed by atoms with Gasteiger partial charge in [-0.2, -0.15) is 0 Å². The molecule has 0 fully saturated rings. The molecule has 0 saturated heterocycles. The highest BCUT2D eigenvalue weighted by atomic mass is 16.5. The summed E-state index contributed by atoms with van der Waals surface area (Å²) in [5.74, 6) is 1.62. The van der Waals surface area contributed by atoms with E-state index in [2.05, 4.69) is 13.8 Å². The Morgan fingerprint density at radius 2 is 1.78 bits per heavy atom. The minimum Gasteiger partial charge on any atom is -0.493 e. The highest BCUT2D eigenvalue weighted by Crippen LogP contribution is 2.33. The van der Waals surface area contributed by atoms with Crippen LogP contribution in [0.5, 0.6) is 11.5 Å². The van der Waals surface area contributed by atoms with E-state index in [1.807, 2.05) is 6.07 Å². The highest BCUT2D eigenvalue weighted by molar-refractivity contribution is 5.43. The minimum atomic E-state index is -0.588. The fraction of sp³-hybridized carbons (Fsp3) is 0.571. The van der Waals surface area contributed by atoms with Crippen molar-refractivity contribution in [1.29, 1.82) is 0 Å². The molecular weight excluding hydrogens is 230 g/mol. The van der Waals surface area contributed by atoms with Gasteiger partial charge in [-0.15, -0.1) is 0 Å². The Labute approximate surface area is 109 Å². The highest BCUT2D eigenvalue weighted by Gasteiger charge is 2.23. The quantitative estimate of drug-likeness (QED) is 0.813. The van der Waals surface area contributed by atoms with Crippen molar-refractivity contribution >= 4 is 0 Å². The molecule has 1 rings (SSSR count). The monoisotopic (exact) mass is 253 g/mol. The third-order valence-electron chi connectivity index (χ3n) is 3.28. The first-order chi connectivity index (χ1) is 8.54. The van der Waals surface area contributed by atoms with E-state index in [1.165, 1.54) is 0 Å². The van der Waals surface area contributed by atoms with Crippen molar-refractivity contribution in [3.05, 3.63) is 23.8 Å². The van der Waals surface area contributed by atoms with Crippen LogP contribution in [0.15, 0.2) is 18.2 Å². The summed E-state index contributed by atoms with van der Waals surface area (Å²) in [5, 5.41) is 10.4. The van der Waals surface area contributed by atoms with Crippen LogP contribution in [0.3, 0.4) is 0 Å². The molecule has 2 atom stereocenters. The number of hydrogen-bond donors (Lipinski definition) is 2. The van der Waals surface area contributed by atoms with Gasteiger partial charge in [0.25, 0.3) is 0 Å². The molecular formula is C14H23NO3. The maximum absolute atomic E-state index is 10.4. The molecule has 0 aliphatic heterocycles. The molecule has 1 aromatic carbocycles. The van der Waals surface area contributed by atoms with Crippen LogP contribution in [0.4, 0.5) is 0 Å². The third kappa shape index (κ3) is 3.15. The average Bonchev–Trinajstić information content (AvgIpc) is 2.38. The van der Waals surface area contributed by atoms with Gasteiger partial charge in [-0.1, -0.05) is 19.9 Å². The lowest BCUT2D eigenvalue weighted by Crippen LogP contribution is -2.26. The van der Waals surface area contributed by atoms with Crippen molar-refractivity contribution in [3.8, 4) is 11.5 Å². The number of hydrogen-bond acceptors (Lipinski definition) is 4. The lowest BCUT2D eigenvalue weighted by Gasteiger charge is -2.25. The van der Waals surface area contributed by atoms with Crippen molar-refractivity contribution in [2.45, 2.75) is 20.0 Å². The summed E-state index contributed by atoms with van der Waals surface area (Å²) >= 11 is 0. The summed E-state index contributed by atoms with van der Waals surface area (Å²) < 4.78 is 10.4. The van der Waals surface area contributed by atoms with E-state index >= 15 is 0 Å². The van der Waals surface area contributed by atoms with Crippen LogP contribution < -0.4 is 15.2 Å². The van der Waals surface area contributed by atoms with Crippen molar-refractivity contribution in [2.75, 3.05) is 20.8 Å². The number of methoxy groups -OCH3 is 2. The zero-order valence-corrected chi connectivity index (χ0v) is 11.5. The van der Waals surface area contributed by atoms with Crippen LogP contribution in [0, 0.1) is 11.8 Å². The maximum Gasteiger partial charge on any atom is 0.161 e. The van der Waals surface area contributed by atoms with Crippen molar-refractivity contribution in [3.63, 3.8) is 0 Å². The molecule has 3 N–H and O–H groups in total. The molecule has 0 radical (unpaired) electrons. The van der Waals surface area contributed by atoms with E-state index in [4.69, 9.17) is 15.2 Å². The molecule has 2 unspecified atom stereocenters. The zero-order chi connectivity index (χ0) is 13.7. The molecule has 4 nitrogen and oxygen atoms in total. The molecule has 0 aliphatic carbocycles. The zero-order valence-electron chi connectivity index (χ0n) is 11.5. The topological polar surface area (TPSA) is 64.7 Å². The normalized spacial score (nSPS) is 14.4. The van der Waals surface area contributed by atoms with E-state index in [0.29, 0.717) is 24.0 Å². The second-order valence-electron chi connectivity index (χ2n) is 4.70. The molecule has 18 heavy (non-hydrogen) atoms. The molecule has 0 heterocycles. The number of aliphatic hydroxyl groups excluding tert-OH is 1. The van der Waals surface area contributed by atoms with Crippen molar-refractivity contribution in [1.82, 2.24) is 0 Å². The van der Waals surface area contributed by atoms with Crippen LogP contribution in [0.25, 0.3) is 0 Å². The number of nitrogens with two attached hydrogens (primary N) is 1. The van der Waals surface area contributed by atoms with Gasteiger partial charge in [0.1, 0.15) is 0 Å². The second-order valence-corrected chi connectivity index (χ2v) is 4.70. The van der Waals surface area contributed by atoms with E-state index in [1.54, 1.807) is 26.4 Å². The Morgan fingerprint density at radius 1 is 1.17 bits per heavy atom. The first-order valence-corrected chi connectivity index (χ1v) is 6.15. The van der Waals surface area contributed by atoms with Gasteiger partial charge in [0.2, 0.25) is 0 Å². The van der Waals surface area contributed by atoms with Crippen LogP contribution in [0.2, 0.25) is 0 Å². The van der Waals surface area contributed by atoms with Gasteiger partial charge in [0.15, 0.2) is 11.5 Å². The second kappa shape index (κ2) is 6.61. The largest absolute Gasteiger partial charge is 0.493 e. The molecule has 102 valence electrons. The summed E-state index contributed by atoms with van der Waals surface area (Å²) in [5.41, 5.74) is 6.53. The molecule has 0 spiro atoms. The lowest BCUT2D eigenvalue weighted by atomic mass is 9.86. The van der Waals surface area contributed by atoms with Gasteiger partial charge in [0.05, 0.1) is 20.3 Å². The first-order valence-electron chi connectivity index (χ1n) is 6.15. The molecule has 4 heteroatoms. The Morgan fingerprint density at radius 3 is 2.22 bits per heavy atom. The lowest BCUT2D eigenvalue weighted by molar-refractivity contribution is 0.0858. The van der Waals surface area contributed by atoms with Crippen molar-refractivity contribution < 1.29 is 14.6 Å². The van der Waals surface area contributed by atoms with Crippen LogP contribution in [-0.2, 0) is 0 Å². The van der Waals surface area contributed by atoms with Gasteiger partial charge in [-0.05, 0) is 30.2 Å². The minimum absolute atomic E-state index is 0.0306. The summed E-state index contributed by atoms with van der Waals surface area (Å²) in [6, 6.07) is 5.44. The van der Waals surface area contributed by atoms with Gasteiger partial charge >= 0.3 is 0 Å². The number of aliphatic hydroxyl groups is 1. The average molecular weight is 253 g/mol. The predicted octanol–water partition coefficient (Wildman–Crippen LogP) is 1.97. The third-order valence-corrected chi connectivity index (χ3v) is 3.28. The molecule has 0 saturated carbocycles. The van der Waals surface area contributed by atoms with Crippen LogP contribution >= 0.6 is 0 Å². The molecule has 0 aromatic heterocycles. The number of ether oxygens (including phenoxy) is 2. The molecule has 0 amide bonds. The van der Waals surface area contributed by atoms with Gasteiger partial charge in [0, 0.05) is 5.92 Å². The van der Waals surface area contributed by atoms with Crippen LogP contribution in [-0.4, -0.2) is 25.9 Å². The SMILES string of the molecule is COc1ccc(C(O)C(CN)C(C)C)cc1OC. The predicted molar refractivity (Wildman–Crippen MR) is 71.9 cm³/mol. The van der Waals surface area contributed by atoms with E-state index in [0.717, 1.165) is 5.56 Å². The molecule has 0 bridgehead atoms. The Hall–Kier alpha value is -1.26. The smallest absolute Gasteiger partial charge is 0.161 e. The van der Waals surface area contributed by atoms with E-state index < -0.39 is 6.10 Å². The number of rotatable bonds is 6. The van der Waals surface area contributed by atoms with E-state index in [9.17, 15) is 5.11 Å². The summed E-state index contributed by atoms with van der Waals surface area (Å²) in [6.45, 7) is 4.57. The summed E-state index contributed by atoms with van der Waals surface area (Å²) in [4.78, 5) is 0. The van der Waals surface area contributed by atoms with Crippen molar-refractivity contribution in [2.24, 2.45) is 17.6 Å². The summed E-state index contributed by atoms with van der Waals surface area (Å²) in [6.07, 6.45) is -0.588. The van der Waals surface area contributed by atoms with Gasteiger partial charge in [-0.3, -0.25) is 0 Å². The molecule has 0 aliphatic rings. The summed E-state index contributed by atoms with van der Waals surface area (Å²) in [7, 11) is 3.17. The van der Waals surface area contributed by atoms with Crippen LogP contribution in [0.1, 0.15) is 25.5 Å². The standard InChI is InChI=1S/C14H23NO3/c1-9(2)11(8-15)14(16)10-5-6-12(17-3)13(7-10)18-4/h5-7,9,11,14,16H,8,15H2,1-4H3. The number of benzene rings is 1. The fourth-order valence-corrected chi connectivity index (χ4v) is 2.05. The maximum atomic E-state index is 10.4.